The smallest absolute Gasteiger partial charge is 0.123 e. The third-order valence-corrected chi connectivity index (χ3v) is 5.61. The molecule has 5 heteroatoms. The van der Waals surface area contributed by atoms with Crippen LogP contribution in [-0.2, 0) is 16.6 Å². The first-order valence-electron chi connectivity index (χ1n) is 7.83. The summed E-state index contributed by atoms with van der Waals surface area (Å²) >= 11 is 1.85. The number of hydrogen-bond acceptors (Lipinski definition) is 5. The van der Waals surface area contributed by atoms with Crippen LogP contribution < -0.4 is 5.32 Å². The van der Waals surface area contributed by atoms with E-state index in [1.807, 2.05) is 11.3 Å². The van der Waals surface area contributed by atoms with Gasteiger partial charge >= 0.3 is 0 Å². The topological polar surface area (TPSA) is 47.0 Å². The summed E-state index contributed by atoms with van der Waals surface area (Å²) < 4.78 is 5.01. The van der Waals surface area contributed by atoms with E-state index < -0.39 is 0 Å². The summed E-state index contributed by atoms with van der Waals surface area (Å²) in [6.07, 6.45) is 8.68. The van der Waals surface area contributed by atoms with E-state index in [0.29, 0.717) is 5.41 Å². The number of rotatable bonds is 9. The number of nitrogens with zero attached hydrogens (tertiary/aromatic N) is 2. The van der Waals surface area contributed by atoms with E-state index in [1.165, 1.54) is 42.1 Å². The third kappa shape index (κ3) is 3.99. The molecule has 2 rings (SSSR count). The monoisotopic (exact) mass is 297 g/mol. The van der Waals surface area contributed by atoms with Gasteiger partial charge in [-0.25, -0.2) is 0 Å². The second kappa shape index (κ2) is 8.05. The van der Waals surface area contributed by atoms with Crippen LogP contribution in [0.25, 0.3) is 0 Å². The molecule has 1 aliphatic carbocycles. The van der Waals surface area contributed by atoms with Gasteiger partial charge in [-0.15, -0.1) is 21.5 Å². The first kappa shape index (κ1) is 15.9. The summed E-state index contributed by atoms with van der Waals surface area (Å²) in [5.41, 5.74) is 0.354. The van der Waals surface area contributed by atoms with Crippen LogP contribution in [0.3, 0.4) is 0 Å². The third-order valence-electron chi connectivity index (χ3n) is 4.39. The molecule has 1 saturated carbocycles. The van der Waals surface area contributed by atoms with Crippen LogP contribution in [0.2, 0.25) is 0 Å². The maximum absolute atomic E-state index is 5.01. The molecule has 0 unspecified atom stereocenters. The highest BCUT2D eigenvalue weighted by atomic mass is 32.1. The van der Waals surface area contributed by atoms with Crippen molar-refractivity contribution >= 4 is 11.3 Å². The second-order valence-corrected chi connectivity index (χ2v) is 6.75. The Bertz CT molecular complexity index is 388. The molecule has 0 saturated heterocycles. The van der Waals surface area contributed by atoms with Crippen molar-refractivity contribution in [2.24, 2.45) is 0 Å². The van der Waals surface area contributed by atoms with Crippen LogP contribution >= 0.6 is 11.3 Å². The summed E-state index contributed by atoms with van der Waals surface area (Å²) in [7, 11) is 1.73. The number of methoxy groups -OCH3 is 1. The number of aryl methyl sites for hydroxylation is 1. The molecule has 0 amide bonds. The number of aromatic nitrogens is 2. The van der Waals surface area contributed by atoms with Crippen molar-refractivity contribution in [1.82, 2.24) is 15.5 Å². The van der Waals surface area contributed by atoms with Crippen molar-refractivity contribution in [1.29, 1.82) is 0 Å². The van der Waals surface area contributed by atoms with Crippen LogP contribution in [0, 0.1) is 0 Å². The largest absolute Gasteiger partial charge is 0.383 e. The van der Waals surface area contributed by atoms with Crippen molar-refractivity contribution in [3.8, 4) is 0 Å². The van der Waals surface area contributed by atoms with E-state index in [-0.39, 0.29) is 0 Å². The van der Waals surface area contributed by atoms with Crippen LogP contribution in [0.4, 0.5) is 0 Å². The second-order valence-electron chi connectivity index (χ2n) is 5.69. The molecular weight excluding hydrogens is 270 g/mol. The van der Waals surface area contributed by atoms with E-state index in [2.05, 4.69) is 22.4 Å². The molecule has 1 N–H and O–H groups in total. The SMILES string of the molecule is CCC1(c2nnc(CCCNCCOC)s2)CCCC1. The Morgan fingerprint density at radius 3 is 2.75 bits per heavy atom. The van der Waals surface area contributed by atoms with Gasteiger partial charge in [0.2, 0.25) is 0 Å². The molecule has 0 aromatic carbocycles. The Hall–Kier alpha value is -0.520. The van der Waals surface area contributed by atoms with E-state index in [9.17, 15) is 0 Å². The van der Waals surface area contributed by atoms with E-state index in [4.69, 9.17) is 4.74 Å². The average molecular weight is 297 g/mol. The Kier molecular flexibility index (Phi) is 6.39. The fraction of sp³-hybridized carbons (Fsp3) is 0.867. The zero-order valence-electron chi connectivity index (χ0n) is 12.8. The molecule has 1 fully saturated rings. The van der Waals surface area contributed by atoms with Gasteiger partial charge in [-0.3, -0.25) is 0 Å². The lowest BCUT2D eigenvalue weighted by molar-refractivity contribution is 0.199. The molecule has 1 aromatic heterocycles. The fourth-order valence-corrected chi connectivity index (χ4v) is 4.20. The molecule has 1 aromatic rings. The molecule has 4 nitrogen and oxygen atoms in total. The molecule has 0 atom stereocenters. The number of nitrogens with one attached hydrogen (secondary N) is 1. The summed E-state index contributed by atoms with van der Waals surface area (Å²) in [5, 5.41) is 14.8. The fourth-order valence-electron chi connectivity index (χ4n) is 3.00. The summed E-state index contributed by atoms with van der Waals surface area (Å²) in [4.78, 5) is 0. The van der Waals surface area contributed by atoms with Gasteiger partial charge < -0.3 is 10.1 Å². The Labute approximate surface area is 126 Å². The Morgan fingerprint density at radius 1 is 1.25 bits per heavy atom. The maximum atomic E-state index is 5.01. The Balaban J connectivity index is 1.77. The van der Waals surface area contributed by atoms with Crippen LogP contribution in [0.5, 0.6) is 0 Å². The molecule has 1 aliphatic rings. The first-order chi connectivity index (χ1) is 9.80. The lowest BCUT2D eigenvalue weighted by Gasteiger charge is -2.23. The van der Waals surface area contributed by atoms with Gasteiger partial charge in [0.05, 0.1) is 6.61 Å². The molecule has 0 aliphatic heterocycles. The van der Waals surface area contributed by atoms with Crippen LogP contribution in [0.15, 0.2) is 0 Å². The lowest BCUT2D eigenvalue weighted by Crippen LogP contribution is -2.20. The highest BCUT2D eigenvalue weighted by Gasteiger charge is 2.36. The Morgan fingerprint density at radius 2 is 2.05 bits per heavy atom. The van der Waals surface area contributed by atoms with Gasteiger partial charge in [0.1, 0.15) is 10.0 Å². The van der Waals surface area contributed by atoms with Crippen LogP contribution in [-0.4, -0.2) is 37.0 Å². The van der Waals surface area contributed by atoms with Crippen molar-refractivity contribution in [2.45, 2.75) is 57.3 Å². The number of ether oxygens (including phenoxy) is 1. The normalized spacial score (nSPS) is 17.7. The zero-order chi connectivity index (χ0) is 14.3. The minimum Gasteiger partial charge on any atom is -0.383 e. The molecule has 0 spiro atoms. The quantitative estimate of drug-likeness (QED) is 0.712. The minimum absolute atomic E-state index is 0.354. The van der Waals surface area contributed by atoms with Crippen LogP contribution in [0.1, 0.15) is 55.5 Å². The molecule has 0 radical (unpaired) electrons. The maximum Gasteiger partial charge on any atom is 0.123 e. The zero-order valence-corrected chi connectivity index (χ0v) is 13.6. The predicted octanol–water partition coefficient (Wildman–Crippen LogP) is 2.93. The highest BCUT2D eigenvalue weighted by Crippen LogP contribution is 2.44. The van der Waals surface area contributed by atoms with E-state index >= 15 is 0 Å². The van der Waals surface area contributed by atoms with Crippen molar-refractivity contribution in [3.63, 3.8) is 0 Å². The van der Waals surface area contributed by atoms with Gasteiger partial charge in [0.25, 0.3) is 0 Å². The van der Waals surface area contributed by atoms with Gasteiger partial charge in [0, 0.05) is 25.5 Å². The van der Waals surface area contributed by atoms with Crippen molar-refractivity contribution in [2.75, 3.05) is 26.8 Å². The average Bonchev–Trinajstić information content (AvgIpc) is 3.12. The predicted molar refractivity (Wildman–Crippen MR) is 83.4 cm³/mol. The summed E-state index contributed by atoms with van der Waals surface area (Å²) in [6, 6.07) is 0. The van der Waals surface area contributed by atoms with Gasteiger partial charge in [0.15, 0.2) is 0 Å². The molecule has 114 valence electrons. The van der Waals surface area contributed by atoms with Crippen molar-refractivity contribution in [3.05, 3.63) is 10.0 Å². The van der Waals surface area contributed by atoms with Gasteiger partial charge in [-0.05, 0) is 32.2 Å². The molecule has 20 heavy (non-hydrogen) atoms. The highest BCUT2D eigenvalue weighted by molar-refractivity contribution is 7.11. The van der Waals surface area contributed by atoms with Gasteiger partial charge in [-0.1, -0.05) is 19.8 Å². The lowest BCUT2D eigenvalue weighted by atomic mass is 9.84. The standard InChI is InChI=1S/C15H27N3OS/c1-3-15(8-4-5-9-15)14-18-17-13(20-14)7-6-10-16-11-12-19-2/h16H,3-12H2,1-2H3. The van der Waals surface area contributed by atoms with Crippen molar-refractivity contribution < 1.29 is 4.74 Å². The first-order valence-corrected chi connectivity index (χ1v) is 8.65. The molecular formula is C15H27N3OS. The molecule has 1 heterocycles. The minimum atomic E-state index is 0.354. The molecule has 0 bridgehead atoms. The summed E-state index contributed by atoms with van der Waals surface area (Å²) in [6.45, 7) is 5.03. The van der Waals surface area contributed by atoms with E-state index in [0.717, 1.165) is 32.5 Å². The van der Waals surface area contributed by atoms with Gasteiger partial charge in [-0.2, -0.15) is 0 Å². The number of hydrogen-bond donors (Lipinski definition) is 1. The summed E-state index contributed by atoms with van der Waals surface area (Å²) in [5.74, 6) is 0. The van der Waals surface area contributed by atoms with E-state index in [1.54, 1.807) is 7.11 Å².